The van der Waals surface area contributed by atoms with Gasteiger partial charge < -0.3 is 25.0 Å². The van der Waals surface area contributed by atoms with Gasteiger partial charge in [-0.15, -0.1) is 24.0 Å². The van der Waals surface area contributed by atoms with Gasteiger partial charge in [-0.2, -0.15) is 11.8 Å². The Kier molecular flexibility index (Phi) is 9.17. The van der Waals surface area contributed by atoms with Crippen LogP contribution in [0.5, 0.6) is 0 Å². The Labute approximate surface area is 195 Å². The zero-order chi connectivity index (χ0) is 20.2. The van der Waals surface area contributed by atoms with Gasteiger partial charge >= 0.3 is 6.09 Å². The lowest BCUT2D eigenvalue weighted by molar-refractivity contribution is -0.0121. The molecule has 0 aliphatic carbocycles. The molecule has 3 aliphatic heterocycles. The number of nitrogens with one attached hydrogen (secondary N) is 2. The van der Waals surface area contributed by atoms with Crippen LogP contribution in [0.2, 0.25) is 0 Å². The number of hydrogen-bond acceptors (Lipinski definition) is 6. The van der Waals surface area contributed by atoms with Crippen molar-refractivity contribution >= 4 is 47.8 Å². The van der Waals surface area contributed by atoms with Crippen LogP contribution in [0.3, 0.4) is 0 Å². The monoisotopic (exact) mass is 541 g/mol. The third-order valence-electron chi connectivity index (χ3n) is 5.45. The molecule has 8 nitrogen and oxygen atoms in total. The van der Waals surface area contributed by atoms with Gasteiger partial charge in [-0.05, 0) is 32.9 Å². The Morgan fingerprint density at radius 3 is 2.55 bits per heavy atom. The van der Waals surface area contributed by atoms with Gasteiger partial charge in [-0.1, -0.05) is 0 Å². The number of carbonyl (C=O) groups excluding carboxylic acids is 1. The van der Waals surface area contributed by atoms with Crippen molar-refractivity contribution in [3.05, 3.63) is 0 Å². The van der Waals surface area contributed by atoms with Crippen LogP contribution in [0.25, 0.3) is 0 Å². The average molecular weight is 542 g/mol. The number of ether oxygens (including phenoxy) is 2. The quantitative estimate of drug-likeness (QED) is 0.318. The highest BCUT2D eigenvalue weighted by Crippen LogP contribution is 2.33. The average Bonchev–Trinajstić information content (AvgIpc) is 3.09. The standard InChI is InChI=1S/C19H35N5O3S.HI/c1-18(2,3)27-17(25)23-11-15(12-23)22-16(20-4)21-13-19(5-10-28-14-19)24-6-8-26-9-7-24;/h15H,5-14H2,1-4H3,(H2,20,21,22);1H. The van der Waals surface area contributed by atoms with E-state index in [1.165, 1.54) is 12.2 Å². The molecule has 0 aromatic rings. The van der Waals surface area contributed by atoms with E-state index in [1.807, 2.05) is 32.5 Å². The van der Waals surface area contributed by atoms with Gasteiger partial charge in [0.05, 0.1) is 19.3 Å². The van der Waals surface area contributed by atoms with Crippen molar-refractivity contribution in [3.8, 4) is 0 Å². The molecule has 0 radical (unpaired) electrons. The van der Waals surface area contributed by atoms with Gasteiger partial charge in [0.15, 0.2) is 5.96 Å². The molecule has 168 valence electrons. The van der Waals surface area contributed by atoms with Gasteiger partial charge in [-0.25, -0.2) is 4.79 Å². The molecule has 1 amide bonds. The van der Waals surface area contributed by atoms with E-state index in [4.69, 9.17) is 9.47 Å². The summed E-state index contributed by atoms with van der Waals surface area (Å²) in [7, 11) is 1.80. The topological polar surface area (TPSA) is 78.4 Å². The SMILES string of the molecule is CN=C(NCC1(N2CCOCC2)CCSC1)NC1CN(C(=O)OC(C)(C)C)C1.I. The number of guanidine groups is 1. The molecule has 0 aromatic carbocycles. The predicted molar refractivity (Wildman–Crippen MR) is 129 cm³/mol. The summed E-state index contributed by atoms with van der Waals surface area (Å²) in [6.07, 6.45) is 0.945. The maximum Gasteiger partial charge on any atom is 0.410 e. The molecular formula is C19H36IN5O3S. The second-order valence-corrected chi connectivity index (χ2v) is 9.88. The number of aliphatic imine (C=N–C) groups is 1. The molecule has 1 atom stereocenters. The molecule has 3 aliphatic rings. The van der Waals surface area contributed by atoms with Gasteiger partial charge in [0.1, 0.15) is 5.60 Å². The Bertz CT molecular complexity index is 569. The summed E-state index contributed by atoms with van der Waals surface area (Å²) in [4.78, 5) is 20.8. The molecule has 0 saturated carbocycles. The highest BCUT2D eigenvalue weighted by Gasteiger charge is 2.41. The van der Waals surface area contributed by atoms with Crippen molar-refractivity contribution in [1.82, 2.24) is 20.4 Å². The largest absolute Gasteiger partial charge is 0.444 e. The van der Waals surface area contributed by atoms with E-state index in [0.29, 0.717) is 13.1 Å². The minimum Gasteiger partial charge on any atom is -0.444 e. The molecule has 0 spiro atoms. The summed E-state index contributed by atoms with van der Waals surface area (Å²) in [5.74, 6) is 3.16. The third-order valence-corrected chi connectivity index (χ3v) is 6.68. The Morgan fingerprint density at radius 1 is 1.31 bits per heavy atom. The first kappa shape index (κ1) is 24.8. The van der Waals surface area contributed by atoms with Crippen molar-refractivity contribution in [3.63, 3.8) is 0 Å². The molecule has 2 N–H and O–H groups in total. The fraction of sp³-hybridized carbons (Fsp3) is 0.895. The summed E-state index contributed by atoms with van der Waals surface area (Å²) in [6, 6.07) is 0.205. The lowest BCUT2D eigenvalue weighted by Crippen LogP contribution is -2.65. The second-order valence-electron chi connectivity index (χ2n) is 8.78. The Hall–Kier alpha value is -0.460. The van der Waals surface area contributed by atoms with Crippen molar-refractivity contribution in [2.45, 2.75) is 44.4 Å². The maximum absolute atomic E-state index is 12.1. The third kappa shape index (κ3) is 6.76. The van der Waals surface area contributed by atoms with Gasteiger partial charge in [0, 0.05) is 51.1 Å². The fourth-order valence-electron chi connectivity index (χ4n) is 3.82. The number of halogens is 1. The van der Waals surface area contributed by atoms with Crippen LogP contribution >= 0.6 is 35.7 Å². The number of thioether (sulfide) groups is 1. The molecule has 10 heteroatoms. The summed E-state index contributed by atoms with van der Waals surface area (Å²) in [6.45, 7) is 11.5. The Balaban J connectivity index is 0.00000300. The van der Waals surface area contributed by atoms with E-state index < -0.39 is 5.60 Å². The van der Waals surface area contributed by atoms with E-state index in [0.717, 1.165) is 44.6 Å². The first-order chi connectivity index (χ1) is 13.3. The summed E-state index contributed by atoms with van der Waals surface area (Å²) >= 11 is 2.03. The van der Waals surface area contributed by atoms with Crippen LogP contribution in [0, 0.1) is 0 Å². The minimum absolute atomic E-state index is 0. The summed E-state index contributed by atoms with van der Waals surface area (Å²) < 4.78 is 10.9. The van der Waals surface area contributed by atoms with Gasteiger partial charge in [0.2, 0.25) is 0 Å². The molecular weight excluding hydrogens is 505 g/mol. The van der Waals surface area contributed by atoms with Crippen LogP contribution in [0.1, 0.15) is 27.2 Å². The lowest BCUT2D eigenvalue weighted by Gasteiger charge is -2.44. The van der Waals surface area contributed by atoms with Crippen molar-refractivity contribution in [2.24, 2.45) is 4.99 Å². The molecule has 3 saturated heterocycles. The van der Waals surface area contributed by atoms with Crippen LogP contribution in [-0.2, 0) is 9.47 Å². The fourth-order valence-corrected chi connectivity index (χ4v) is 5.29. The van der Waals surface area contributed by atoms with Crippen molar-refractivity contribution < 1.29 is 14.3 Å². The van der Waals surface area contributed by atoms with E-state index in [9.17, 15) is 4.79 Å². The highest BCUT2D eigenvalue weighted by atomic mass is 127. The van der Waals surface area contributed by atoms with Gasteiger partial charge in [-0.3, -0.25) is 9.89 Å². The van der Waals surface area contributed by atoms with Crippen molar-refractivity contribution in [1.29, 1.82) is 0 Å². The number of amides is 1. The van der Waals surface area contributed by atoms with Crippen LogP contribution in [0.15, 0.2) is 4.99 Å². The normalized spacial score (nSPS) is 26.5. The summed E-state index contributed by atoms with van der Waals surface area (Å²) in [5, 5.41) is 6.97. The molecule has 3 fully saturated rings. The molecule has 3 rings (SSSR count). The summed E-state index contributed by atoms with van der Waals surface area (Å²) in [5.41, 5.74) is -0.283. The van der Waals surface area contributed by atoms with Crippen LogP contribution in [0.4, 0.5) is 4.79 Å². The van der Waals surface area contributed by atoms with E-state index in [-0.39, 0.29) is 41.7 Å². The van der Waals surface area contributed by atoms with Crippen molar-refractivity contribution in [2.75, 3.05) is 64.5 Å². The first-order valence-electron chi connectivity index (χ1n) is 10.2. The molecule has 0 bridgehead atoms. The van der Waals surface area contributed by atoms with Crippen LogP contribution < -0.4 is 10.6 Å². The first-order valence-corrected chi connectivity index (χ1v) is 11.3. The van der Waals surface area contributed by atoms with E-state index in [1.54, 1.807) is 11.9 Å². The van der Waals surface area contributed by atoms with E-state index in [2.05, 4.69) is 20.5 Å². The lowest BCUT2D eigenvalue weighted by atomic mass is 9.95. The van der Waals surface area contributed by atoms with E-state index >= 15 is 0 Å². The smallest absolute Gasteiger partial charge is 0.410 e. The maximum atomic E-state index is 12.1. The predicted octanol–water partition coefficient (Wildman–Crippen LogP) is 1.60. The molecule has 0 aromatic heterocycles. The number of hydrogen-bond donors (Lipinski definition) is 2. The molecule has 1 unspecified atom stereocenters. The molecule has 29 heavy (non-hydrogen) atoms. The number of nitrogens with zero attached hydrogens (tertiary/aromatic N) is 3. The van der Waals surface area contributed by atoms with Crippen LogP contribution in [-0.4, -0.2) is 104 Å². The number of likely N-dealkylation sites (tertiary alicyclic amines) is 1. The zero-order valence-electron chi connectivity index (χ0n) is 18.0. The highest BCUT2D eigenvalue weighted by molar-refractivity contribution is 14.0. The Morgan fingerprint density at radius 2 is 2.00 bits per heavy atom. The molecule has 3 heterocycles. The number of morpholine rings is 1. The zero-order valence-corrected chi connectivity index (χ0v) is 21.2. The van der Waals surface area contributed by atoms with Gasteiger partial charge in [0.25, 0.3) is 0 Å². The number of rotatable bonds is 4. The second kappa shape index (κ2) is 10.7. The number of carbonyl (C=O) groups is 1. The minimum atomic E-state index is -0.458.